The molecule has 1 heterocycles. The summed E-state index contributed by atoms with van der Waals surface area (Å²) < 4.78 is 13.2. The standard InChI is InChI=1S/C24H22N4O4S/c1-17-3-11-22(12-4-17)32-15-23-25-26-24(27(23)19-9-13-21(31-2)14-10-19)33-16-18-5-7-20(8-6-18)28(29)30/h3-14H,15-16H2,1-2H3. The van der Waals surface area contributed by atoms with Gasteiger partial charge in [-0.1, -0.05) is 41.6 Å². The van der Waals surface area contributed by atoms with Crippen LogP contribution >= 0.6 is 11.8 Å². The van der Waals surface area contributed by atoms with Gasteiger partial charge in [-0.05, 0) is 48.9 Å². The van der Waals surface area contributed by atoms with E-state index in [-0.39, 0.29) is 12.3 Å². The highest BCUT2D eigenvalue weighted by atomic mass is 32.2. The van der Waals surface area contributed by atoms with Gasteiger partial charge in [0.1, 0.15) is 18.1 Å². The first-order valence-corrected chi connectivity index (χ1v) is 11.2. The van der Waals surface area contributed by atoms with Crippen LogP contribution in [0.2, 0.25) is 0 Å². The fourth-order valence-electron chi connectivity index (χ4n) is 3.12. The Morgan fingerprint density at radius 2 is 1.61 bits per heavy atom. The lowest BCUT2D eigenvalue weighted by molar-refractivity contribution is -0.384. The molecule has 0 aliphatic rings. The van der Waals surface area contributed by atoms with Crippen LogP contribution in [0.3, 0.4) is 0 Å². The SMILES string of the molecule is COc1ccc(-n2c(COc3ccc(C)cc3)nnc2SCc2ccc([N+](=O)[O-])cc2)cc1. The van der Waals surface area contributed by atoms with Crippen LogP contribution in [0.15, 0.2) is 78.0 Å². The van der Waals surface area contributed by atoms with E-state index in [0.717, 1.165) is 28.3 Å². The molecular formula is C24H22N4O4S. The number of nitrogens with zero attached hydrogens (tertiary/aromatic N) is 4. The van der Waals surface area contributed by atoms with Gasteiger partial charge in [0, 0.05) is 23.6 Å². The first-order chi connectivity index (χ1) is 16.0. The molecule has 0 spiro atoms. The summed E-state index contributed by atoms with van der Waals surface area (Å²) in [5, 5.41) is 20.3. The monoisotopic (exact) mass is 462 g/mol. The van der Waals surface area contributed by atoms with Crippen LogP contribution in [0.1, 0.15) is 17.0 Å². The second kappa shape index (κ2) is 10.2. The minimum atomic E-state index is -0.405. The lowest BCUT2D eigenvalue weighted by Crippen LogP contribution is -2.06. The van der Waals surface area contributed by atoms with Crippen LogP contribution in [0, 0.1) is 17.0 Å². The molecule has 4 aromatic rings. The number of ether oxygens (including phenoxy) is 2. The molecule has 0 radical (unpaired) electrons. The van der Waals surface area contributed by atoms with Crippen molar-refractivity contribution in [2.75, 3.05) is 7.11 Å². The third-order valence-electron chi connectivity index (χ3n) is 4.94. The van der Waals surface area contributed by atoms with Gasteiger partial charge in [0.15, 0.2) is 11.0 Å². The van der Waals surface area contributed by atoms with Crippen molar-refractivity contribution >= 4 is 17.4 Å². The largest absolute Gasteiger partial charge is 0.497 e. The number of aryl methyl sites for hydroxylation is 1. The Morgan fingerprint density at radius 3 is 2.24 bits per heavy atom. The molecule has 0 aliphatic heterocycles. The zero-order valence-electron chi connectivity index (χ0n) is 18.2. The Hall–Kier alpha value is -3.85. The topological polar surface area (TPSA) is 92.3 Å². The van der Waals surface area contributed by atoms with Crippen LogP contribution in [0.4, 0.5) is 5.69 Å². The van der Waals surface area contributed by atoms with Gasteiger partial charge in [-0.3, -0.25) is 14.7 Å². The van der Waals surface area contributed by atoms with Crippen molar-refractivity contribution in [3.05, 3.63) is 99.9 Å². The van der Waals surface area contributed by atoms with Crippen molar-refractivity contribution in [3.8, 4) is 17.2 Å². The second-order valence-corrected chi connectivity index (χ2v) is 8.19. The van der Waals surface area contributed by atoms with Gasteiger partial charge >= 0.3 is 0 Å². The Morgan fingerprint density at radius 1 is 0.939 bits per heavy atom. The van der Waals surface area contributed by atoms with E-state index in [1.807, 2.05) is 60.0 Å². The van der Waals surface area contributed by atoms with Gasteiger partial charge in [0.05, 0.1) is 12.0 Å². The molecule has 4 rings (SSSR count). The normalized spacial score (nSPS) is 10.7. The van der Waals surface area contributed by atoms with Crippen molar-refractivity contribution in [2.45, 2.75) is 24.4 Å². The summed E-state index contributed by atoms with van der Waals surface area (Å²) in [6.07, 6.45) is 0. The Bertz CT molecular complexity index is 1220. The van der Waals surface area contributed by atoms with E-state index in [1.54, 1.807) is 19.2 Å². The molecule has 8 nitrogen and oxygen atoms in total. The summed E-state index contributed by atoms with van der Waals surface area (Å²) in [5.74, 6) is 2.76. The van der Waals surface area contributed by atoms with E-state index in [2.05, 4.69) is 10.2 Å². The van der Waals surface area contributed by atoms with Crippen LogP contribution < -0.4 is 9.47 Å². The molecule has 0 aliphatic carbocycles. The minimum absolute atomic E-state index is 0.0701. The lowest BCUT2D eigenvalue weighted by Gasteiger charge is -2.12. The quantitative estimate of drug-likeness (QED) is 0.188. The molecule has 0 N–H and O–H groups in total. The highest BCUT2D eigenvalue weighted by molar-refractivity contribution is 7.98. The predicted octanol–water partition coefficient (Wildman–Crippen LogP) is 5.36. The molecule has 0 saturated carbocycles. The Labute approximate surface area is 195 Å². The van der Waals surface area contributed by atoms with Gasteiger partial charge in [0.2, 0.25) is 0 Å². The molecule has 9 heteroatoms. The van der Waals surface area contributed by atoms with Gasteiger partial charge in [-0.25, -0.2) is 0 Å². The van der Waals surface area contributed by atoms with E-state index in [1.165, 1.54) is 23.9 Å². The number of nitro benzene ring substituents is 1. The van der Waals surface area contributed by atoms with Crippen molar-refractivity contribution < 1.29 is 14.4 Å². The van der Waals surface area contributed by atoms with E-state index in [0.29, 0.717) is 16.7 Å². The van der Waals surface area contributed by atoms with Gasteiger partial charge in [0.25, 0.3) is 5.69 Å². The first-order valence-electron chi connectivity index (χ1n) is 10.2. The number of nitro groups is 1. The zero-order valence-corrected chi connectivity index (χ0v) is 19.0. The van der Waals surface area contributed by atoms with Crippen molar-refractivity contribution in [2.24, 2.45) is 0 Å². The van der Waals surface area contributed by atoms with Crippen LogP contribution in [0.25, 0.3) is 5.69 Å². The Balaban J connectivity index is 1.57. The number of hydrogen-bond donors (Lipinski definition) is 0. The summed E-state index contributed by atoms with van der Waals surface area (Å²) in [6, 6.07) is 22.0. The predicted molar refractivity (Wildman–Crippen MR) is 126 cm³/mol. The molecular weight excluding hydrogens is 440 g/mol. The number of methoxy groups -OCH3 is 1. The Kier molecular flexibility index (Phi) is 6.89. The molecule has 0 fully saturated rings. The summed E-state index contributed by atoms with van der Waals surface area (Å²) in [7, 11) is 1.63. The fraction of sp³-hybridized carbons (Fsp3) is 0.167. The molecule has 1 aromatic heterocycles. The van der Waals surface area contributed by atoms with Crippen molar-refractivity contribution in [1.29, 1.82) is 0 Å². The fourth-order valence-corrected chi connectivity index (χ4v) is 4.05. The molecule has 0 atom stereocenters. The molecule has 0 amide bonds. The highest BCUT2D eigenvalue weighted by Gasteiger charge is 2.16. The van der Waals surface area contributed by atoms with Gasteiger partial charge in [-0.2, -0.15) is 0 Å². The maximum Gasteiger partial charge on any atom is 0.269 e. The van der Waals surface area contributed by atoms with Crippen LogP contribution in [0.5, 0.6) is 11.5 Å². The highest BCUT2D eigenvalue weighted by Crippen LogP contribution is 2.27. The molecule has 0 bridgehead atoms. The maximum atomic E-state index is 10.9. The second-order valence-electron chi connectivity index (χ2n) is 7.25. The molecule has 0 unspecified atom stereocenters. The lowest BCUT2D eigenvalue weighted by atomic mass is 10.2. The van der Waals surface area contributed by atoms with Crippen LogP contribution in [-0.4, -0.2) is 26.8 Å². The summed E-state index contributed by atoms with van der Waals surface area (Å²) >= 11 is 1.50. The first kappa shape index (κ1) is 22.3. The molecule has 0 saturated heterocycles. The van der Waals surface area contributed by atoms with E-state index >= 15 is 0 Å². The van der Waals surface area contributed by atoms with Gasteiger partial charge in [-0.15, -0.1) is 10.2 Å². The number of rotatable bonds is 9. The molecule has 33 heavy (non-hydrogen) atoms. The average Bonchev–Trinajstić information content (AvgIpc) is 3.25. The molecule has 3 aromatic carbocycles. The van der Waals surface area contributed by atoms with Crippen LogP contribution in [-0.2, 0) is 12.4 Å². The van der Waals surface area contributed by atoms with Gasteiger partial charge < -0.3 is 9.47 Å². The number of thioether (sulfide) groups is 1. The maximum absolute atomic E-state index is 10.9. The number of hydrogen-bond acceptors (Lipinski definition) is 7. The summed E-state index contributed by atoms with van der Waals surface area (Å²) in [6.45, 7) is 2.28. The number of aromatic nitrogens is 3. The number of benzene rings is 3. The third-order valence-corrected chi connectivity index (χ3v) is 5.94. The third kappa shape index (κ3) is 5.50. The van der Waals surface area contributed by atoms with E-state index in [4.69, 9.17) is 9.47 Å². The van der Waals surface area contributed by atoms with E-state index < -0.39 is 4.92 Å². The van der Waals surface area contributed by atoms with Crippen molar-refractivity contribution in [3.63, 3.8) is 0 Å². The van der Waals surface area contributed by atoms with E-state index in [9.17, 15) is 10.1 Å². The minimum Gasteiger partial charge on any atom is -0.497 e. The van der Waals surface area contributed by atoms with Crippen molar-refractivity contribution in [1.82, 2.24) is 14.8 Å². The molecule has 168 valence electrons. The summed E-state index contributed by atoms with van der Waals surface area (Å²) in [4.78, 5) is 10.5. The average molecular weight is 463 g/mol. The summed E-state index contributed by atoms with van der Waals surface area (Å²) in [5.41, 5.74) is 3.07. The smallest absolute Gasteiger partial charge is 0.269 e. The number of non-ortho nitro benzene ring substituents is 1. The zero-order chi connectivity index (χ0) is 23.2.